The lowest BCUT2D eigenvalue weighted by Gasteiger charge is -2.14. The highest BCUT2D eigenvalue weighted by molar-refractivity contribution is 5.65. The van der Waals surface area contributed by atoms with E-state index in [-0.39, 0.29) is 0 Å². The van der Waals surface area contributed by atoms with Gasteiger partial charge in [-0.05, 0) is 17.7 Å². The van der Waals surface area contributed by atoms with Gasteiger partial charge in [0.2, 0.25) is 0 Å². The molecule has 2 rings (SSSR count). The van der Waals surface area contributed by atoms with Crippen LogP contribution in [0.5, 0.6) is 0 Å². The van der Waals surface area contributed by atoms with Gasteiger partial charge in [0, 0.05) is 12.4 Å². The number of benzene rings is 1. The zero-order valence-electron chi connectivity index (χ0n) is 9.32. The Labute approximate surface area is 100 Å². The second-order valence-electron chi connectivity index (χ2n) is 3.57. The molecule has 17 heavy (non-hydrogen) atoms. The highest BCUT2D eigenvalue weighted by atomic mass is 15.4. The lowest BCUT2D eigenvalue weighted by molar-refractivity contribution is 1.06. The van der Waals surface area contributed by atoms with Crippen molar-refractivity contribution < 1.29 is 0 Å². The van der Waals surface area contributed by atoms with Crippen molar-refractivity contribution in [3.8, 4) is 0 Å². The van der Waals surface area contributed by atoms with Gasteiger partial charge in [0.25, 0.3) is 0 Å². The highest BCUT2D eigenvalue weighted by Crippen LogP contribution is 2.12. The van der Waals surface area contributed by atoms with Gasteiger partial charge in [-0.2, -0.15) is 0 Å². The highest BCUT2D eigenvalue weighted by Gasteiger charge is 2.00. The zero-order valence-corrected chi connectivity index (χ0v) is 9.32. The zero-order chi connectivity index (χ0) is 12.1. The third-order valence-electron chi connectivity index (χ3n) is 2.33. The SMILES string of the molecule is N/C(=C\N(N)c1cccnc1)c1ccccc1. The molecular formula is C13H14N4. The largest absolute Gasteiger partial charge is 0.397 e. The number of aromatic nitrogens is 1. The number of hydrogen-bond acceptors (Lipinski definition) is 4. The van der Waals surface area contributed by atoms with Crippen molar-refractivity contribution in [2.45, 2.75) is 0 Å². The van der Waals surface area contributed by atoms with Gasteiger partial charge in [-0.25, -0.2) is 5.84 Å². The van der Waals surface area contributed by atoms with Crippen molar-refractivity contribution in [1.29, 1.82) is 0 Å². The lowest BCUT2D eigenvalue weighted by Crippen LogP contribution is -2.25. The van der Waals surface area contributed by atoms with Crippen LogP contribution >= 0.6 is 0 Å². The molecule has 0 aliphatic heterocycles. The topological polar surface area (TPSA) is 68.2 Å². The number of nitrogens with zero attached hydrogens (tertiary/aromatic N) is 2. The Kier molecular flexibility index (Phi) is 3.37. The number of hydrogen-bond donors (Lipinski definition) is 2. The third-order valence-corrected chi connectivity index (χ3v) is 2.33. The molecule has 0 saturated heterocycles. The first-order valence-electron chi connectivity index (χ1n) is 5.24. The quantitative estimate of drug-likeness (QED) is 0.617. The minimum atomic E-state index is 0.608. The van der Waals surface area contributed by atoms with Gasteiger partial charge in [-0.3, -0.25) is 9.99 Å². The van der Waals surface area contributed by atoms with E-state index in [0.717, 1.165) is 11.3 Å². The first kappa shape index (κ1) is 11.2. The number of pyridine rings is 1. The predicted molar refractivity (Wildman–Crippen MR) is 69.5 cm³/mol. The minimum Gasteiger partial charge on any atom is -0.397 e. The third kappa shape index (κ3) is 2.83. The Morgan fingerprint density at radius 1 is 1.12 bits per heavy atom. The van der Waals surface area contributed by atoms with E-state index in [9.17, 15) is 0 Å². The van der Waals surface area contributed by atoms with Crippen molar-refractivity contribution in [2.24, 2.45) is 11.6 Å². The van der Waals surface area contributed by atoms with Crippen LogP contribution in [0.3, 0.4) is 0 Å². The molecule has 4 heteroatoms. The van der Waals surface area contributed by atoms with Crippen LogP contribution in [0.1, 0.15) is 5.56 Å². The minimum absolute atomic E-state index is 0.608. The fourth-order valence-electron chi connectivity index (χ4n) is 1.44. The van der Waals surface area contributed by atoms with Gasteiger partial charge in [0.1, 0.15) is 0 Å². The van der Waals surface area contributed by atoms with Gasteiger partial charge in [-0.15, -0.1) is 0 Å². The molecule has 1 aromatic heterocycles. The lowest BCUT2D eigenvalue weighted by atomic mass is 10.2. The molecule has 0 aliphatic rings. The van der Waals surface area contributed by atoms with Gasteiger partial charge < -0.3 is 5.73 Å². The average molecular weight is 226 g/mol. The molecule has 0 radical (unpaired) electrons. The molecular weight excluding hydrogens is 212 g/mol. The Balaban J connectivity index is 2.20. The Morgan fingerprint density at radius 2 is 1.88 bits per heavy atom. The summed E-state index contributed by atoms with van der Waals surface area (Å²) in [7, 11) is 0. The molecule has 4 nitrogen and oxygen atoms in total. The molecule has 0 aliphatic carbocycles. The Hall–Kier alpha value is -2.33. The Bertz CT molecular complexity index is 493. The summed E-state index contributed by atoms with van der Waals surface area (Å²) in [4.78, 5) is 3.99. The molecule has 0 fully saturated rings. The van der Waals surface area contributed by atoms with Gasteiger partial charge >= 0.3 is 0 Å². The summed E-state index contributed by atoms with van der Waals surface area (Å²) in [6, 6.07) is 13.4. The van der Waals surface area contributed by atoms with Crippen LogP contribution in [-0.4, -0.2) is 4.98 Å². The second kappa shape index (κ2) is 5.14. The first-order valence-corrected chi connectivity index (χ1v) is 5.24. The summed E-state index contributed by atoms with van der Waals surface area (Å²) in [6.45, 7) is 0. The molecule has 2 aromatic rings. The van der Waals surface area contributed by atoms with E-state index in [1.807, 2.05) is 42.5 Å². The first-order chi connectivity index (χ1) is 8.27. The van der Waals surface area contributed by atoms with Gasteiger partial charge in [0.05, 0.1) is 17.6 Å². The summed E-state index contributed by atoms with van der Waals surface area (Å²) < 4.78 is 0. The second-order valence-corrected chi connectivity index (χ2v) is 3.57. The van der Waals surface area contributed by atoms with E-state index in [1.165, 1.54) is 5.01 Å². The van der Waals surface area contributed by atoms with Crippen LogP contribution in [0.4, 0.5) is 5.69 Å². The molecule has 0 saturated carbocycles. The van der Waals surface area contributed by atoms with E-state index < -0.39 is 0 Å². The van der Waals surface area contributed by atoms with Crippen LogP contribution in [0.15, 0.2) is 61.1 Å². The summed E-state index contributed by atoms with van der Waals surface area (Å²) in [5.74, 6) is 5.87. The Morgan fingerprint density at radius 3 is 2.53 bits per heavy atom. The predicted octanol–water partition coefficient (Wildman–Crippen LogP) is 1.72. The fraction of sp³-hybridized carbons (Fsp3) is 0. The molecule has 0 spiro atoms. The van der Waals surface area contributed by atoms with Crippen molar-refractivity contribution in [2.75, 3.05) is 5.01 Å². The number of anilines is 1. The molecule has 1 heterocycles. The monoisotopic (exact) mass is 226 g/mol. The standard InChI is InChI=1S/C13H14N4/c14-13(11-5-2-1-3-6-11)10-17(15)12-7-4-8-16-9-12/h1-10H,14-15H2/b13-10-. The van der Waals surface area contributed by atoms with Crippen molar-refractivity contribution in [3.63, 3.8) is 0 Å². The summed E-state index contributed by atoms with van der Waals surface area (Å²) in [5, 5.41) is 1.45. The van der Waals surface area contributed by atoms with Crippen molar-refractivity contribution in [3.05, 3.63) is 66.6 Å². The molecule has 0 unspecified atom stereocenters. The molecule has 0 atom stereocenters. The van der Waals surface area contributed by atoms with Crippen LogP contribution < -0.4 is 16.6 Å². The van der Waals surface area contributed by atoms with E-state index >= 15 is 0 Å². The van der Waals surface area contributed by atoms with Gasteiger partial charge in [0.15, 0.2) is 0 Å². The van der Waals surface area contributed by atoms with Crippen molar-refractivity contribution >= 4 is 11.4 Å². The van der Waals surface area contributed by atoms with Crippen LogP contribution in [-0.2, 0) is 0 Å². The molecule has 86 valence electrons. The molecule has 4 N–H and O–H groups in total. The average Bonchev–Trinajstić information content (AvgIpc) is 2.40. The maximum absolute atomic E-state index is 5.95. The fourth-order valence-corrected chi connectivity index (χ4v) is 1.44. The summed E-state index contributed by atoms with van der Waals surface area (Å²) >= 11 is 0. The molecule has 0 amide bonds. The van der Waals surface area contributed by atoms with E-state index in [2.05, 4.69) is 4.98 Å². The number of hydrazine groups is 1. The van der Waals surface area contributed by atoms with Crippen LogP contribution in [0.25, 0.3) is 5.70 Å². The van der Waals surface area contributed by atoms with Crippen molar-refractivity contribution in [1.82, 2.24) is 4.98 Å². The number of rotatable bonds is 3. The maximum atomic E-state index is 5.95. The molecule has 0 bridgehead atoms. The smallest absolute Gasteiger partial charge is 0.0752 e. The summed E-state index contributed by atoms with van der Waals surface area (Å²) in [6.07, 6.45) is 5.04. The van der Waals surface area contributed by atoms with Gasteiger partial charge in [-0.1, -0.05) is 30.3 Å². The van der Waals surface area contributed by atoms with Crippen LogP contribution in [0.2, 0.25) is 0 Å². The summed E-state index contributed by atoms with van der Waals surface area (Å²) in [5.41, 5.74) is 8.28. The molecule has 1 aromatic carbocycles. The van der Waals surface area contributed by atoms with Crippen LogP contribution in [0, 0.1) is 0 Å². The number of nitrogens with two attached hydrogens (primary N) is 2. The van der Waals surface area contributed by atoms with E-state index in [4.69, 9.17) is 11.6 Å². The normalized spacial score (nSPS) is 11.2. The van der Waals surface area contributed by atoms with E-state index in [1.54, 1.807) is 18.6 Å². The maximum Gasteiger partial charge on any atom is 0.0752 e. The van der Waals surface area contributed by atoms with E-state index in [0.29, 0.717) is 5.70 Å².